The molecule has 82 valence electrons. The van der Waals surface area contributed by atoms with Gasteiger partial charge in [-0.25, -0.2) is 0 Å². The lowest BCUT2D eigenvalue weighted by molar-refractivity contribution is -0.142. The summed E-state index contributed by atoms with van der Waals surface area (Å²) in [7, 11) is 1.31. The third kappa shape index (κ3) is 3.04. The average molecular weight is 273 g/mol. The quantitative estimate of drug-likeness (QED) is 0.860. The molecular weight excluding hydrogens is 260 g/mol. The molecule has 0 saturated heterocycles. The van der Waals surface area contributed by atoms with Crippen LogP contribution in [0.5, 0.6) is 0 Å². The number of aliphatic hydroxyl groups excluding tert-OH is 1. The van der Waals surface area contributed by atoms with Gasteiger partial charge in [0, 0.05) is 4.47 Å². The fraction of sp³-hybridized carbons (Fsp3) is 0.364. The molecule has 1 atom stereocenters. The largest absolute Gasteiger partial charge is 0.469 e. The fourth-order valence-corrected chi connectivity index (χ4v) is 1.72. The molecule has 3 nitrogen and oxygen atoms in total. The molecule has 0 aromatic heterocycles. The molecule has 0 spiro atoms. The van der Waals surface area contributed by atoms with Gasteiger partial charge in [-0.1, -0.05) is 28.1 Å². The number of ether oxygens (including phenoxy) is 1. The molecule has 0 radical (unpaired) electrons. The second-order valence-corrected chi connectivity index (χ2v) is 4.10. The van der Waals surface area contributed by atoms with E-state index in [9.17, 15) is 9.90 Å². The highest BCUT2D eigenvalue weighted by molar-refractivity contribution is 9.10. The number of hydrogen-bond acceptors (Lipinski definition) is 3. The Hall–Kier alpha value is -0.870. The first kappa shape index (κ1) is 12.2. The highest BCUT2D eigenvalue weighted by Crippen LogP contribution is 2.26. The maximum absolute atomic E-state index is 11.0. The number of aliphatic hydroxyl groups is 1. The van der Waals surface area contributed by atoms with Crippen LogP contribution in [-0.2, 0) is 9.53 Å². The monoisotopic (exact) mass is 272 g/mol. The number of carbonyl (C=O) groups excluding carboxylic acids is 1. The van der Waals surface area contributed by atoms with E-state index in [1.165, 1.54) is 7.11 Å². The normalized spacial score (nSPS) is 12.3. The van der Waals surface area contributed by atoms with Crippen molar-refractivity contribution in [3.63, 3.8) is 0 Å². The first-order chi connectivity index (χ1) is 7.06. The Morgan fingerprint density at radius 3 is 2.87 bits per heavy atom. The summed E-state index contributed by atoms with van der Waals surface area (Å²) in [6.45, 7) is 1.89. The van der Waals surface area contributed by atoms with Crippen molar-refractivity contribution in [1.82, 2.24) is 0 Å². The Kier molecular flexibility index (Phi) is 4.29. The van der Waals surface area contributed by atoms with Gasteiger partial charge in [0.1, 0.15) is 0 Å². The fourth-order valence-electron chi connectivity index (χ4n) is 1.34. The van der Waals surface area contributed by atoms with Gasteiger partial charge in [0.15, 0.2) is 0 Å². The lowest BCUT2D eigenvalue weighted by Gasteiger charge is -2.13. The minimum Gasteiger partial charge on any atom is -0.469 e. The van der Waals surface area contributed by atoms with Gasteiger partial charge in [-0.15, -0.1) is 0 Å². The van der Waals surface area contributed by atoms with E-state index in [4.69, 9.17) is 0 Å². The van der Waals surface area contributed by atoms with E-state index in [-0.39, 0.29) is 6.42 Å². The van der Waals surface area contributed by atoms with Crippen LogP contribution in [0.4, 0.5) is 0 Å². The molecule has 0 aliphatic rings. The maximum Gasteiger partial charge on any atom is 0.308 e. The second-order valence-electron chi connectivity index (χ2n) is 3.25. The molecule has 15 heavy (non-hydrogen) atoms. The molecule has 0 heterocycles. The number of benzene rings is 1. The third-order valence-electron chi connectivity index (χ3n) is 2.26. The lowest BCUT2D eigenvalue weighted by Crippen LogP contribution is -2.09. The van der Waals surface area contributed by atoms with Crippen molar-refractivity contribution in [2.45, 2.75) is 19.4 Å². The SMILES string of the molecule is COC(=O)C[C@@H](O)c1cccc(Br)c1C. The van der Waals surface area contributed by atoms with Crippen LogP contribution in [0.15, 0.2) is 22.7 Å². The summed E-state index contributed by atoms with van der Waals surface area (Å²) in [5.41, 5.74) is 1.68. The van der Waals surface area contributed by atoms with Crippen LogP contribution in [-0.4, -0.2) is 18.2 Å². The highest BCUT2D eigenvalue weighted by Gasteiger charge is 2.15. The Morgan fingerprint density at radius 2 is 2.27 bits per heavy atom. The summed E-state index contributed by atoms with van der Waals surface area (Å²) < 4.78 is 5.42. The van der Waals surface area contributed by atoms with Gasteiger partial charge < -0.3 is 9.84 Å². The summed E-state index contributed by atoms with van der Waals surface area (Å²) in [6.07, 6.45) is -0.830. The molecule has 1 rings (SSSR count). The van der Waals surface area contributed by atoms with E-state index in [2.05, 4.69) is 20.7 Å². The molecular formula is C11H13BrO3. The van der Waals surface area contributed by atoms with Crippen molar-refractivity contribution < 1.29 is 14.6 Å². The van der Waals surface area contributed by atoms with E-state index in [1.54, 1.807) is 6.07 Å². The molecule has 1 aromatic rings. The van der Waals surface area contributed by atoms with Gasteiger partial charge in [0.2, 0.25) is 0 Å². The zero-order chi connectivity index (χ0) is 11.4. The first-order valence-electron chi connectivity index (χ1n) is 4.56. The summed E-state index contributed by atoms with van der Waals surface area (Å²) in [6, 6.07) is 5.52. The third-order valence-corrected chi connectivity index (χ3v) is 3.12. The number of hydrogen-bond donors (Lipinski definition) is 1. The van der Waals surface area contributed by atoms with E-state index in [0.29, 0.717) is 0 Å². The zero-order valence-corrected chi connectivity index (χ0v) is 10.2. The summed E-state index contributed by atoms with van der Waals surface area (Å²) in [5.74, 6) is -0.415. The van der Waals surface area contributed by atoms with Crippen molar-refractivity contribution >= 4 is 21.9 Å². The average Bonchev–Trinajstić information content (AvgIpc) is 2.21. The molecule has 1 aromatic carbocycles. The van der Waals surface area contributed by atoms with E-state index >= 15 is 0 Å². The topological polar surface area (TPSA) is 46.5 Å². The van der Waals surface area contributed by atoms with Crippen LogP contribution in [0.3, 0.4) is 0 Å². The van der Waals surface area contributed by atoms with Crippen LogP contribution in [0, 0.1) is 6.92 Å². The Balaban J connectivity index is 2.86. The standard InChI is InChI=1S/C11H13BrO3/c1-7-8(4-3-5-9(7)12)10(13)6-11(14)15-2/h3-5,10,13H,6H2,1-2H3/t10-/m1/s1. The minimum atomic E-state index is -0.810. The molecule has 0 bridgehead atoms. The molecule has 0 saturated carbocycles. The Bertz CT molecular complexity index is 363. The number of esters is 1. The highest BCUT2D eigenvalue weighted by atomic mass is 79.9. The van der Waals surface area contributed by atoms with Gasteiger partial charge in [-0.2, -0.15) is 0 Å². The molecule has 0 amide bonds. The summed E-state index contributed by atoms with van der Waals surface area (Å²) in [4.78, 5) is 11.0. The second kappa shape index (κ2) is 5.28. The van der Waals surface area contributed by atoms with Crippen molar-refractivity contribution in [3.8, 4) is 0 Å². The first-order valence-corrected chi connectivity index (χ1v) is 5.35. The zero-order valence-electron chi connectivity index (χ0n) is 8.66. The van der Waals surface area contributed by atoms with Gasteiger partial charge in [0.25, 0.3) is 0 Å². The van der Waals surface area contributed by atoms with E-state index in [0.717, 1.165) is 15.6 Å². The number of rotatable bonds is 3. The molecule has 0 fully saturated rings. The van der Waals surface area contributed by atoms with Crippen LogP contribution < -0.4 is 0 Å². The predicted molar refractivity (Wildman–Crippen MR) is 60.5 cm³/mol. The molecule has 0 aliphatic carbocycles. The van der Waals surface area contributed by atoms with Crippen LogP contribution in [0.2, 0.25) is 0 Å². The van der Waals surface area contributed by atoms with Crippen molar-refractivity contribution in [2.24, 2.45) is 0 Å². The van der Waals surface area contributed by atoms with Crippen molar-refractivity contribution in [2.75, 3.05) is 7.11 Å². The molecule has 0 unspecified atom stereocenters. The molecule has 0 aliphatic heterocycles. The Morgan fingerprint density at radius 1 is 1.60 bits per heavy atom. The smallest absolute Gasteiger partial charge is 0.308 e. The minimum absolute atomic E-state index is 0.0200. The van der Waals surface area contributed by atoms with Crippen LogP contribution in [0.25, 0.3) is 0 Å². The van der Waals surface area contributed by atoms with Crippen molar-refractivity contribution in [3.05, 3.63) is 33.8 Å². The maximum atomic E-state index is 11.0. The van der Waals surface area contributed by atoms with Crippen LogP contribution >= 0.6 is 15.9 Å². The molecule has 1 N–H and O–H groups in total. The molecule has 4 heteroatoms. The van der Waals surface area contributed by atoms with Gasteiger partial charge >= 0.3 is 5.97 Å². The van der Waals surface area contributed by atoms with Crippen molar-refractivity contribution in [1.29, 1.82) is 0 Å². The predicted octanol–water partition coefficient (Wildman–Crippen LogP) is 2.35. The lowest BCUT2D eigenvalue weighted by atomic mass is 10.0. The number of halogens is 1. The summed E-state index contributed by atoms with van der Waals surface area (Å²) in [5, 5.41) is 9.81. The number of carbonyl (C=O) groups is 1. The van der Waals surface area contributed by atoms with Gasteiger partial charge in [0.05, 0.1) is 19.6 Å². The summed E-state index contributed by atoms with van der Waals surface area (Å²) >= 11 is 3.37. The Labute approximate surface area is 97.2 Å². The van der Waals surface area contributed by atoms with Gasteiger partial charge in [-0.3, -0.25) is 4.79 Å². The van der Waals surface area contributed by atoms with E-state index < -0.39 is 12.1 Å². The number of methoxy groups -OCH3 is 1. The van der Waals surface area contributed by atoms with Crippen LogP contribution in [0.1, 0.15) is 23.7 Å². The van der Waals surface area contributed by atoms with Gasteiger partial charge in [-0.05, 0) is 24.1 Å². The van der Waals surface area contributed by atoms with E-state index in [1.807, 2.05) is 19.1 Å².